The molecular weight excluding hydrogens is 460 g/mol. The molecule has 0 aromatic heterocycles. The Bertz CT molecular complexity index is 1040. The van der Waals surface area contributed by atoms with Crippen molar-refractivity contribution >= 4 is 11.4 Å². The van der Waals surface area contributed by atoms with Crippen molar-refractivity contribution in [1.29, 1.82) is 0 Å². The quantitative estimate of drug-likeness (QED) is 0.204. The Labute approximate surface area is 224 Å². The Hall–Kier alpha value is -2.24. The van der Waals surface area contributed by atoms with Gasteiger partial charge in [0, 0.05) is 23.0 Å². The van der Waals surface area contributed by atoms with E-state index in [9.17, 15) is 5.11 Å². The molecule has 0 amide bonds. The number of nitrogens with zero attached hydrogens (tertiary/aromatic N) is 4. The van der Waals surface area contributed by atoms with Crippen LogP contribution in [0.5, 0.6) is 11.5 Å². The van der Waals surface area contributed by atoms with Crippen molar-refractivity contribution in [2.24, 2.45) is 26.4 Å². The van der Waals surface area contributed by atoms with Gasteiger partial charge in [0.2, 0.25) is 0 Å². The number of hydrogen-bond donors (Lipinski definition) is 1. The number of aromatic hydroxyl groups is 1. The summed E-state index contributed by atoms with van der Waals surface area (Å²) in [5.74, 6) is 1.28. The number of fused-ring (bicyclic) bond motifs is 3. The molecule has 6 heteroatoms. The van der Waals surface area contributed by atoms with Crippen molar-refractivity contribution < 1.29 is 9.84 Å². The van der Waals surface area contributed by atoms with E-state index in [4.69, 9.17) is 20.1 Å². The number of ether oxygens (including phenoxy) is 1. The fourth-order valence-electron chi connectivity index (χ4n) is 6.22. The second-order valence-electron chi connectivity index (χ2n) is 12.1. The number of phenols is 1. The first-order valence-electron chi connectivity index (χ1n) is 14.9. The molecule has 1 aliphatic heterocycles. The second-order valence-corrected chi connectivity index (χ2v) is 12.1. The first kappa shape index (κ1) is 27.8. The fraction of sp³-hybridized carbons (Fsp3) is 0.742. The van der Waals surface area contributed by atoms with Crippen LogP contribution >= 0.6 is 0 Å². The van der Waals surface area contributed by atoms with E-state index in [1.165, 1.54) is 24.8 Å². The molecule has 1 heterocycles. The zero-order valence-corrected chi connectivity index (χ0v) is 24.0. The molecule has 1 N–H and O–H groups in total. The number of phenolic OH excluding ortho intramolecular Hbond substituents is 1. The maximum absolute atomic E-state index is 11.9. The Morgan fingerprint density at radius 2 is 1.81 bits per heavy atom. The van der Waals surface area contributed by atoms with Gasteiger partial charge in [0.25, 0.3) is 0 Å². The summed E-state index contributed by atoms with van der Waals surface area (Å²) in [4.78, 5) is 0. The molecule has 204 valence electrons. The molecule has 3 aliphatic rings. The van der Waals surface area contributed by atoms with Gasteiger partial charge in [0.1, 0.15) is 17.0 Å². The van der Waals surface area contributed by atoms with Crippen molar-refractivity contribution in [2.45, 2.75) is 142 Å². The summed E-state index contributed by atoms with van der Waals surface area (Å²) in [5.41, 5.74) is 4.11. The third-order valence-electron chi connectivity index (χ3n) is 8.72. The molecule has 0 radical (unpaired) electrons. The molecule has 0 spiro atoms. The topological polar surface area (TPSA) is 78.9 Å². The van der Waals surface area contributed by atoms with E-state index < -0.39 is 0 Å². The van der Waals surface area contributed by atoms with E-state index in [1.54, 1.807) is 0 Å². The summed E-state index contributed by atoms with van der Waals surface area (Å²) in [6, 6.07) is 0.346. The van der Waals surface area contributed by atoms with Crippen LogP contribution in [-0.4, -0.2) is 22.8 Å². The summed E-state index contributed by atoms with van der Waals surface area (Å²) in [6.45, 7) is 13.0. The lowest BCUT2D eigenvalue weighted by atomic mass is 9.67. The summed E-state index contributed by atoms with van der Waals surface area (Å²) < 4.78 is 6.78. The van der Waals surface area contributed by atoms with Crippen LogP contribution < -0.4 is 4.74 Å². The zero-order valence-electron chi connectivity index (χ0n) is 24.0. The van der Waals surface area contributed by atoms with Crippen LogP contribution in [0.4, 0.5) is 11.4 Å². The minimum atomic E-state index is -0.367. The molecule has 6 nitrogen and oxygen atoms in total. The molecule has 2 aliphatic carbocycles. The molecule has 0 bridgehead atoms. The van der Waals surface area contributed by atoms with Gasteiger partial charge in [-0.1, -0.05) is 57.6 Å². The average molecular weight is 509 g/mol. The van der Waals surface area contributed by atoms with Crippen LogP contribution in [0.25, 0.3) is 0 Å². The Morgan fingerprint density at radius 1 is 1.05 bits per heavy atom. The molecule has 1 saturated carbocycles. The third-order valence-corrected chi connectivity index (χ3v) is 8.72. The maximum Gasteiger partial charge on any atom is 0.155 e. The summed E-state index contributed by atoms with van der Waals surface area (Å²) in [7, 11) is 0. The van der Waals surface area contributed by atoms with E-state index in [-0.39, 0.29) is 35.3 Å². The fourth-order valence-corrected chi connectivity index (χ4v) is 6.22. The van der Waals surface area contributed by atoms with Gasteiger partial charge in [0.15, 0.2) is 11.5 Å². The van der Waals surface area contributed by atoms with Crippen LogP contribution in [0.2, 0.25) is 0 Å². The van der Waals surface area contributed by atoms with Gasteiger partial charge in [-0.2, -0.15) is 20.5 Å². The summed E-state index contributed by atoms with van der Waals surface area (Å²) in [6.07, 6.45) is 15.2. The van der Waals surface area contributed by atoms with Crippen LogP contribution in [0.15, 0.2) is 32.1 Å². The van der Waals surface area contributed by atoms with Crippen LogP contribution in [-0.2, 0) is 6.42 Å². The number of hydrogen-bond acceptors (Lipinski definition) is 6. The number of rotatable bonds is 9. The number of benzene rings is 1. The minimum Gasteiger partial charge on any atom is -0.505 e. The summed E-state index contributed by atoms with van der Waals surface area (Å²) in [5, 5.41) is 31.0. The van der Waals surface area contributed by atoms with Crippen LogP contribution in [0, 0.1) is 5.92 Å². The molecule has 37 heavy (non-hydrogen) atoms. The lowest BCUT2D eigenvalue weighted by molar-refractivity contribution is 0.0113. The predicted octanol–water partition coefficient (Wildman–Crippen LogP) is 10.0. The Morgan fingerprint density at radius 3 is 2.51 bits per heavy atom. The SMILES string of the molecule is CCCCCc1c(N=NC2CCCCC2)c(O)c2c(c1/N=N/[C@@H](C)CC)OC(C)(C)[C@@H]1CCC(C)=C[C@@H]21. The molecular formula is C31H48N4O2. The van der Waals surface area contributed by atoms with E-state index in [0.29, 0.717) is 11.4 Å². The first-order chi connectivity index (χ1) is 17.8. The molecule has 0 unspecified atom stereocenters. The number of allylic oxidation sites excluding steroid dienone is 2. The zero-order chi connectivity index (χ0) is 26.6. The van der Waals surface area contributed by atoms with Crippen molar-refractivity contribution in [3.8, 4) is 11.5 Å². The Kier molecular flexibility index (Phi) is 9.07. The van der Waals surface area contributed by atoms with Gasteiger partial charge in [-0.25, -0.2) is 0 Å². The van der Waals surface area contributed by atoms with Crippen LogP contribution in [0.3, 0.4) is 0 Å². The van der Waals surface area contributed by atoms with E-state index >= 15 is 0 Å². The molecule has 1 fully saturated rings. The molecule has 1 aromatic carbocycles. The van der Waals surface area contributed by atoms with Gasteiger partial charge < -0.3 is 9.84 Å². The number of unbranched alkanes of at least 4 members (excludes halogenated alkanes) is 2. The van der Waals surface area contributed by atoms with Crippen molar-refractivity contribution in [2.75, 3.05) is 0 Å². The van der Waals surface area contributed by atoms with Crippen molar-refractivity contribution in [3.05, 3.63) is 22.8 Å². The summed E-state index contributed by atoms with van der Waals surface area (Å²) >= 11 is 0. The highest BCUT2D eigenvalue weighted by atomic mass is 16.5. The Balaban J connectivity index is 1.94. The van der Waals surface area contributed by atoms with Crippen molar-refractivity contribution in [1.82, 2.24) is 0 Å². The minimum absolute atomic E-state index is 0.0679. The second kappa shape index (κ2) is 12.1. The largest absolute Gasteiger partial charge is 0.505 e. The van der Waals surface area contributed by atoms with Gasteiger partial charge in [0.05, 0.1) is 12.1 Å². The van der Waals surface area contributed by atoms with E-state index in [2.05, 4.69) is 52.7 Å². The lowest BCUT2D eigenvalue weighted by Crippen LogP contribution is -2.45. The van der Waals surface area contributed by atoms with Crippen LogP contribution in [0.1, 0.15) is 129 Å². The highest BCUT2D eigenvalue weighted by Gasteiger charge is 2.47. The molecule has 1 aromatic rings. The molecule has 0 saturated heterocycles. The van der Waals surface area contributed by atoms with Gasteiger partial charge in [-0.05, 0) is 72.6 Å². The highest BCUT2D eigenvalue weighted by molar-refractivity contribution is 5.78. The van der Waals surface area contributed by atoms with E-state index in [1.807, 2.05) is 0 Å². The molecule has 4 rings (SSSR count). The lowest BCUT2D eigenvalue weighted by Gasteiger charge is -2.47. The van der Waals surface area contributed by atoms with Gasteiger partial charge in [-0.3, -0.25) is 0 Å². The molecule has 3 atom stereocenters. The monoisotopic (exact) mass is 508 g/mol. The van der Waals surface area contributed by atoms with Gasteiger partial charge in [-0.15, -0.1) is 0 Å². The van der Waals surface area contributed by atoms with Crippen molar-refractivity contribution in [3.63, 3.8) is 0 Å². The number of azo groups is 2. The highest BCUT2D eigenvalue weighted by Crippen LogP contribution is 2.60. The van der Waals surface area contributed by atoms with E-state index in [0.717, 1.165) is 74.6 Å². The van der Waals surface area contributed by atoms with Gasteiger partial charge >= 0.3 is 0 Å². The third kappa shape index (κ3) is 6.09. The standard InChI is InChI=1S/C31H48N4O2/c1-7-9-11-16-23-27(34-33-22-14-12-10-13-15-22)29(36)26-24-19-20(3)17-18-25(24)31(5,6)37-30(26)28(23)35-32-21(4)8-2/h19,21-22,24-25,36H,7-18H2,1-6H3/b34-33?,35-32+/t21-,24+,25+/m0/s1. The smallest absolute Gasteiger partial charge is 0.155 e. The normalized spacial score (nSPS) is 24.5. The maximum atomic E-state index is 11.9. The first-order valence-corrected chi connectivity index (χ1v) is 14.9. The average Bonchev–Trinajstić information content (AvgIpc) is 2.88. The predicted molar refractivity (Wildman–Crippen MR) is 151 cm³/mol.